The van der Waals surface area contributed by atoms with E-state index in [-0.39, 0.29) is 6.71 Å². The van der Waals surface area contributed by atoms with Crippen LogP contribution in [0.25, 0.3) is 0 Å². The Morgan fingerprint density at radius 2 is 1.51 bits per heavy atom. The van der Waals surface area contributed by atoms with Crippen LogP contribution in [0, 0.1) is 0 Å². The summed E-state index contributed by atoms with van der Waals surface area (Å²) in [5, 5.41) is 0. The second kappa shape index (κ2) is 7.55. The van der Waals surface area contributed by atoms with Crippen LogP contribution in [0.15, 0.2) is 96.4 Å². The molecule has 4 aromatic carbocycles. The Kier molecular flexibility index (Phi) is 4.28. The fraction of sp³-hybridized carbons (Fsp3) is 0.133. The molecule has 0 aromatic heterocycles. The maximum atomic E-state index is 6.63. The fourth-order valence-corrected chi connectivity index (χ4v) is 8.45. The minimum atomic E-state index is 0.229. The van der Waals surface area contributed by atoms with Crippen LogP contribution < -0.4 is 39.7 Å². The van der Waals surface area contributed by atoms with Crippen LogP contribution in [0.2, 0.25) is 0 Å². The first-order valence-electron chi connectivity index (χ1n) is 12.4. The summed E-state index contributed by atoms with van der Waals surface area (Å²) in [5.74, 6) is 4.02. The second-order valence-corrected chi connectivity index (χ2v) is 11.8. The number of anilines is 2. The van der Waals surface area contributed by atoms with Crippen molar-refractivity contribution in [3.63, 3.8) is 0 Å². The Morgan fingerprint density at radius 1 is 0.686 bits per heavy atom. The van der Waals surface area contributed by atoms with Gasteiger partial charge in [-0.25, -0.2) is 0 Å². The van der Waals surface area contributed by atoms with Crippen LogP contribution in [-0.2, 0) is 0 Å². The van der Waals surface area contributed by atoms with E-state index in [1.807, 2.05) is 0 Å². The van der Waals surface area contributed by atoms with E-state index in [0.29, 0.717) is 15.0 Å². The van der Waals surface area contributed by atoms with Gasteiger partial charge < -0.3 is 0 Å². The van der Waals surface area contributed by atoms with Crippen molar-refractivity contribution in [2.45, 2.75) is 25.7 Å². The number of allylic oxidation sites excluding steroid dienone is 2. The molecule has 4 aromatic rings. The van der Waals surface area contributed by atoms with Crippen LogP contribution in [0.4, 0.5) is 11.4 Å². The molecule has 0 saturated carbocycles. The Hall–Kier alpha value is -3.40. The number of hydrogen-bond donors (Lipinski definition) is 0. The summed E-state index contributed by atoms with van der Waals surface area (Å²) in [6.45, 7) is 0.229. The molecule has 5 heteroatoms. The van der Waals surface area contributed by atoms with Gasteiger partial charge in [-0.15, -0.1) is 0 Å². The molecule has 0 atom stereocenters. The molecule has 0 amide bonds. The molecule has 1 aliphatic carbocycles. The van der Waals surface area contributed by atoms with Crippen LogP contribution >= 0.6 is 0 Å². The maximum absolute atomic E-state index is 6.63. The van der Waals surface area contributed by atoms with E-state index >= 15 is 0 Å². The number of rotatable bonds is 1. The van der Waals surface area contributed by atoms with E-state index in [1.54, 1.807) is 0 Å². The van der Waals surface area contributed by atoms with Crippen molar-refractivity contribution in [1.29, 1.82) is 0 Å². The SMILES string of the molecule is c1ccc2c(c1)OC1=C(CCCC1)N2c1ccc2c(c1)Oc1cccc3c1B2c1ccccc1[Se]3. The topological polar surface area (TPSA) is 21.7 Å². The zero-order valence-corrected chi connectivity index (χ0v) is 20.9. The standard InChI is InChI=1S/C30H22BNO2Se/c1-6-14-28-21(8-1)31-20-17-16-19(18-27(20)34-26-13-7-15-29(35-28)30(26)31)32-22-9-2-4-11-24(22)33-25-12-5-3-10-23(25)32/h1-2,4,6-9,11,13-18H,3,5,10,12H2. The van der Waals surface area contributed by atoms with Crippen molar-refractivity contribution in [3.8, 4) is 17.2 Å². The molecule has 0 bridgehead atoms. The van der Waals surface area contributed by atoms with Gasteiger partial charge in [0.2, 0.25) is 0 Å². The summed E-state index contributed by atoms with van der Waals surface area (Å²) in [6.07, 6.45) is 4.41. The number of benzene rings is 4. The molecular formula is C30H22BNO2Se. The van der Waals surface area contributed by atoms with Crippen molar-refractivity contribution in [2.75, 3.05) is 4.90 Å². The molecule has 3 aliphatic heterocycles. The Morgan fingerprint density at radius 3 is 2.51 bits per heavy atom. The number of ether oxygens (including phenoxy) is 2. The van der Waals surface area contributed by atoms with Crippen molar-refractivity contribution < 1.29 is 9.47 Å². The normalized spacial score (nSPS) is 16.8. The third kappa shape index (κ3) is 2.92. The third-order valence-electron chi connectivity index (χ3n) is 7.55. The van der Waals surface area contributed by atoms with Crippen LogP contribution in [0.3, 0.4) is 0 Å². The first-order chi connectivity index (χ1) is 17.3. The van der Waals surface area contributed by atoms with Gasteiger partial charge in [-0.05, 0) is 0 Å². The summed E-state index contributed by atoms with van der Waals surface area (Å²) in [6, 6.07) is 30.7. The molecule has 0 radical (unpaired) electrons. The first-order valence-corrected chi connectivity index (χ1v) is 14.1. The molecule has 4 aliphatic rings. The van der Waals surface area contributed by atoms with Gasteiger partial charge in [0, 0.05) is 0 Å². The summed E-state index contributed by atoms with van der Waals surface area (Å²) in [5.41, 5.74) is 7.59. The Balaban J connectivity index is 1.31. The number of nitrogens with zero attached hydrogens (tertiary/aromatic N) is 1. The molecule has 0 unspecified atom stereocenters. The van der Waals surface area contributed by atoms with E-state index in [9.17, 15) is 0 Å². The summed E-state index contributed by atoms with van der Waals surface area (Å²) in [4.78, 5) is 2.40. The molecule has 3 heterocycles. The monoisotopic (exact) mass is 519 g/mol. The van der Waals surface area contributed by atoms with Crippen LogP contribution in [-0.4, -0.2) is 21.7 Å². The van der Waals surface area contributed by atoms with E-state index < -0.39 is 0 Å². The zero-order valence-electron chi connectivity index (χ0n) is 19.2. The average Bonchev–Trinajstić information content (AvgIpc) is 2.91. The molecule has 0 N–H and O–H groups in total. The van der Waals surface area contributed by atoms with Gasteiger partial charge in [0.25, 0.3) is 0 Å². The molecule has 3 nitrogen and oxygen atoms in total. The van der Waals surface area contributed by atoms with Gasteiger partial charge in [0.05, 0.1) is 0 Å². The average molecular weight is 518 g/mol. The van der Waals surface area contributed by atoms with Crippen LogP contribution in [0.1, 0.15) is 25.7 Å². The van der Waals surface area contributed by atoms with Gasteiger partial charge in [-0.2, -0.15) is 0 Å². The molecule has 0 spiro atoms. The summed E-state index contributed by atoms with van der Waals surface area (Å²) < 4.78 is 15.9. The molecule has 0 fully saturated rings. The number of hydrogen-bond acceptors (Lipinski definition) is 3. The van der Waals surface area contributed by atoms with Crippen molar-refractivity contribution in [2.24, 2.45) is 0 Å². The molecular weight excluding hydrogens is 496 g/mol. The van der Waals surface area contributed by atoms with E-state index in [1.165, 1.54) is 43.9 Å². The quantitative estimate of drug-likeness (QED) is 0.311. The number of para-hydroxylation sites is 2. The van der Waals surface area contributed by atoms with Gasteiger partial charge in [0.15, 0.2) is 0 Å². The van der Waals surface area contributed by atoms with E-state index in [2.05, 4.69) is 89.8 Å². The van der Waals surface area contributed by atoms with E-state index in [4.69, 9.17) is 9.47 Å². The summed E-state index contributed by atoms with van der Waals surface area (Å²) >= 11 is 0.306. The Labute approximate surface area is 211 Å². The third-order valence-corrected chi connectivity index (χ3v) is 10.00. The summed E-state index contributed by atoms with van der Waals surface area (Å²) in [7, 11) is 0. The van der Waals surface area contributed by atoms with Gasteiger partial charge in [-0.3, -0.25) is 0 Å². The predicted molar refractivity (Wildman–Crippen MR) is 144 cm³/mol. The van der Waals surface area contributed by atoms with Gasteiger partial charge >= 0.3 is 212 Å². The molecule has 8 rings (SSSR count). The first kappa shape index (κ1) is 19.9. The minimum absolute atomic E-state index is 0.229. The second-order valence-electron chi connectivity index (χ2n) is 9.55. The van der Waals surface area contributed by atoms with Gasteiger partial charge in [-0.1, -0.05) is 0 Å². The Bertz CT molecular complexity index is 1560. The molecule has 35 heavy (non-hydrogen) atoms. The van der Waals surface area contributed by atoms with Crippen molar-refractivity contribution >= 4 is 58.4 Å². The van der Waals surface area contributed by atoms with Crippen molar-refractivity contribution in [1.82, 2.24) is 0 Å². The van der Waals surface area contributed by atoms with E-state index in [0.717, 1.165) is 47.2 Å². The molecule has 168 valence electrons. The fourth-order valence-electron chi connectivity index (χ4n) is 6.01. The molecule has 0 saturated heterocycles. The number of fused-ring (bicyclic) bond motifs is 5. The van der Waals surface area contributed by atoms with Crippen molar-refractivity contribution in [3.05, 3.63) is 96.4 Å². The van der Waals surface area contributed by atoms with Crippen LogP contribution in [0.5, 0.6) is 17.2 Å². The zero-order chi connectivity index (χ0) is 22.9. The predicted octanol–water partition coefficient (Wildman–Crippen LogP) is 3.59. The van der Waals surface area contributed by atoms with Gasteiger partial charge in [0.1, 0.15) is 0 Å².